The normalized spacial score (nSPS) is 12.0. The van der Waals surface area contributed by atoms with Crippen LogP contribution in [0.5, 0.6) is 0 Å². The zero-order valence-electron chi connectivity index (χ0n) is 8.11. The van der Waals surface area contributed by atoms with Crippen molar-refractivity contribution in [1.29, 1.82) is 0 Å². The van der Waals surface area contributed by atoms with Crippen molar-refractivity contribution in [1.82, 2.24) is 10.6 Å². The van der Waals surface area contributed by atoms with E-state index in [1.54, 1.807) is 0 Å². The molecule has 0 aromatic rings. The monoisotopic (exact) mass is 174 g/mol. The molecule has 0 saturated carbocycles. The van der Waals surface area contributed by atoms with E-state index in [9.17, 15) is 0 Å². The SMILES string of the molecule is CCNCNCC[SiH2]C(C)C. The molecule has 0 rings (SSSR count). The van der Waals surface area contributed by atoms with Crippen LogP contribution < -0.4 is 10.6 Å². The van der Waals surface area contributed by atoms with Crippen molar-refractivity contribution in [2.75, 3.05) is 19.8 Å². The van der Waals surface area contributed by atoms with Crippen LogP contribution in [0.25, 0.3) is 0 Å². The quantitative estimate of drug-likeness (QED) is 0.335. The fourth-order valence-electron chi connectivity index (χ4n) is 0.937. The predicted molar refractivity (Wildman–Crippen MR) is 55.0 cm³/mol. The molecule has 0 aliphatic heterocycles. The number of rotatable bonds is 7. The van der Waals surface area contributed by atoms with Gasteiger partial charge in [0.15, 0.2) is 0 Å². The fourth-order valence-corrected chi connectivity index (χ4v) is 2.21. The molecule has 3 heteroatoms. The molecule has 0 fully saturated rings. The summed E-state index contributed by atoms with van der Waals surface area (Å²) in [6, 6.07) is 1.43. The topological polar surface area (TPSA) is 24.1 Å². The molecular weight excluding hydrogens is 152 g/mol. The maximum atomic E-state index is 3.37. The Kier molecular flexibility index (Phi) is 8.34. The van der Waals surface area contributed by atoms with E-state index in [-0.39, 0.29) is 9.52 Å². The number of nitrogens with one attached hydrogen (secondary N) is 2. The molecule has 0 unspecified atom stereocenters. The Labute approximate surface area is 73.0 Å². The summed E-state index contributed by atoms with van der Waals surface area (Å²) in [4.78, 5) is 0. The Morgan fingerprint density at radius 3 is 2.55 bits per heavy atom. The molecule has 68 valence electrons. The first-order valence-corrected chi connectivity index (χ1v) is 6.50. The highest BCUT2D eigenvalue weighted by atomic mass is 28.2. The molecule has 2 N–H and O–H groups in total. The van der Waals surface area contributed by atoms with E-state index in [2.05, 4.69) is 31.4 Å². The second kappa shape index (κ2) is 8.24. The average molecular weight is 174 g/mol. The summed E-state index contributed by atoms with van der Waals surface area (Å²) in [5.74, 6) is 0. The second-order valence-corrected chi connectivity index (χ2v) is 6.23. The Bertz CT molecular complexity index is 76.5. The minimum atomic E-state index is 0.222. The van der Waals surface area contributed by atoms with E-state index in [4.69, 9.17) is 0 Å². The lowest BCUT2D eigenvalue weighted by atomic mass is 10.6. The van der Waals surface area contributed by atoms with E-state index >= 15 is 0 Å². The smallest absolute Gasteiger partial charge is 0.0454 e. The molecule has 0 bridgehead atoms. The summed E-state index contributed by atoms with van der Waals surface area (Å²) in [6.45, 7) is 10.0. The largest absolute Gasteiger partial charge is 0.305 e. The van der Waals surface area contributed by atoms with Gasteiger partial charge in [0.05, 0.1) is 0 Å². The Hall–Kier alpha value is 0.137. The molecule has 0 radical (unpaired) electrons. The van der Waals surface area contributed by atoms with Crippen molar-refractivity contribution in [2.45, 2.75) is 32.4 Å². The van der Waals surface area contributed by atoms with E-state index < -0.39 is 0 Å². The van der Waals surface area contributed by atoms with Gasteiger partial charge >= 0.3 is 0 Å². The third-order valence-corrected chi connectivity index (χ3v) is 3.55. The highest BCUT2D eigenvalue weighted by molar-refractivity contribution is 6.37. The second-order valence-electron chi connectivity index (χ2n) is 3.32. The molecule has 0 aromatic heterocycles. The minimum Gasteiger partial charge on any atom is -0.305 e. The molecule has 0 aliphatic rings. The van der Waals surface area contributed by atoms with E-state index in [0.717, 1.165) is 18.8 Å². The van der Waals surface area contributed by atoms with Crippen molar-refractivity contribution in [3.05, 3.63) is 0 Å². The molecule has 0 aliphatic carbocycles. The van der Waals surface area contributed by atoms with Gasteiger partial charge in [-0.05, 0) is 13.1 Å². The van der Waals surface area contributed by atoms with E-state index in [1.165, 1.54) is 12.6 Å². The highest BCUT2D eigenvalue weighted by Crippen LogP contribution is 1.98. The van der Waals surface area contributed by atoms with Gasteiger partial charge in [-0.15, -0.1) is 0 Å². The third-order valence-electron chi connectivity index (χ3n) is 1.64. The maximum Gasteiger partial charge on any atom is 0.0454 e. The van der Waals surface area contributed by atoms with Crippen LogP contribution in [0, 0.1) is 0 Å². The molecular formula is C8H22N2Si. The summed E-state index contributed by atoms with van der Waals surface area (Å²) in [7, 11) is 0.222. The summed E-state index contributed by atoms with van der Waals surface area (Å²) in [6.07, 6.45) is 0. The highest BCUT2D eigenvalue weighted by Gasteiger charge is 1.93. The van der Waals surface area contributed by atoms with E-state index in [0.29, 0.717) is 0 Å². The molecule has 0 atom stereocenters. The number of hydrogen-bond donors (Lipinski definition) is 2. The maximum absolute atomic E-state index is 3.37. The third kappa shape index (κ3) is 10.1. The Morgan fingerprint density at radius 1 is 1.27 bits per heavy atom. The molecule has 11 heavy (non-hydrogen) atoms. The molecule has 0 amide bonds. The van der Waals surface area contributed by atoms with Crippen LogP contribution in [0.15, 0.2) is 0 Å². The van der Waals surface area contributed by atoms with Crippen LogP contribution >= 0.6 is 0 Å². The van der Waals surface area contributed by atoms with Gasteiger partial charge in [0.1, 0.15) is 0 Å². The van der Waals surface area contributed by atoms with Crippen LogP contribution in [0.3, 0.4) is 0 Å². The van der Waals surface area contributed by atoms with Crippen molar-refractivity contribution >= 4 is 9.52 Å². The zero-order valence-corrected chi connectivity index (χ0v) is 9.53. The van der Waals surface area contributed by atoms with Crippen LogP contribution in [0.2, 0.25) is 11.6 Å². The van der Waals surface area contributed by atoms with Crippen molar-refractivity contribution in [3.8, 4) is 0 Å². The van der Waals surface area contributed by atoms with Gasteiger partial charge in [-0.1, -0.05) is 32.4 Å². The molecule has 0 spiro atoms. The van der Waals surface area contributed by atoms with Gasteiger partial charge in [0.25, 0.3) is 0 Å². The lowest BCUT2D eigenvalue weighted by Crippen LogP contribution is -2.29. The Morgan fingerprint density at radius 2 is 2.00 bits per heavy atom. The lowest BCUT2D eigenvalue weighted by Gasteiger charge is -2.05. The van der Waals surface area contributed by atoms with Crippen LogP contribution in [0.4, 0.5) is 0 Å². The van der Waals surface area contributed by atoms with Gasteiger partial charge in [-0.2, -0.15) is 0 Å². The van der Waals surface area contributed by atoms with Gasteiger partial charge in [0, 0.05) is 16.2 Å². The average Bonchev–Trinajstić information content (AvgIpc) is 1.96. The van der Waals surface area contributed by atoms with Crippen LogP contribution in [-0.4, -0.2) is 29.3 Å². The van der Waals surface area contributed by atoms with Crippen LogP contribution in [0.1, 0.15) is 20.8 Å². The first-order chi connectivity index (χ1) is 5.27. The van der Waals surface area contributed by atoms with Gasteiger partial charge in [-0.25, -0.2) is 0 Å². The fraction of sp³-hybridized carbons (Fsp3) is 1.00. The van der Waals surface area contributed by atoms with Crippen molar-refractivity contribution < 1.29 is 0 Å². The van der Waals surface area contributed by atoms with Crippen molar-refractivity contribution in [2.24, 2.45) is 0 Å². The first-order valence-electron chi connectivity index (χ1n) is 4.68. The Balaban J connectivity index is 2.80. The van der Waals surface area contributed by atoms with Gasteiger partial charge in [0.2, 0.25) is 0 Å². The zero-order chi connectivity index (χ0) is 8.53. The van der Waals surface area contributed by atoms with Crippen LogP contribution in [-0.2, 0) is 0 Å². The summed E-state index contributed by atoms with van der Waals surface area (Å²) in [5.41, 5.74) is 0.982. The van der Waals surface area contributed by atoms with Crippen molar-refractivity contribution in [3.63, 3.8) is 0 Å². The summed E-state index contributed by atoms with van der Waals surface area (Å²) in [5, 5.41) is 6.61. The number of hydrogen-bond acceptors (Lipinski definition) is 2. The summed E-state index contributed by atoms with van der Waals surface area (Å²) >= 11 is 0. The van der Waals surface area contributed by atoms with E-state index in [1.807, 2.05) is 0 Å². The van der Waals surface area contributed by atoms with Gasteiger partial charge in [-0.3, -0.25) is 0 Å². The minimum absolute atomic E-state index is 0.222. The van der Waals surface area contributed by atoms with Gasteiger partial charge < -0.3 is 10.6 Å². The lowest BCUT2D eigenvalue weighted by molar-refractivity contribution is 0.615. The predicted octanol–water partition coefficient (Wildman–Crippen LogP) is 0.558. The standard InChI is InChI=1S/C8H22N2Si/c1-4-9-7-10-5-6-11-8(2)3/h8-10H,4-7,11H2,1-3H3. The first kappa shape index (κ1) is 11.1. The molecule has 0 aromatic carbocycles. The molecule has 2 nitrogen and oxygen atoms in total. The molecule has 0 saturated heterocycles. The summed E-state index contributed by atoms with van der Waals surface area (Å²) < 4.78 is 0. The molecule has 0 heterocycles.